The molecular weight excluding hydrogens is 419 g/mol. The van der Waals surface area contributed by atoms with Gasteiger partial charge >= 0.3 is 0 Å². The maximum absolute atomic E-state index is 12.9. The van der Waals surface area contributed by atoms with E-state index >= 15 is 0 Å². The Kier molecular flexibility index (Phi) is 8.13. The summed E-state index contributed by atoms with van der Waals surface area (Å²) in [6.45, 7) is 2.21. The van der Waals surface area contributed by atoms with Crippen LogP contribution in [0.4, 0.5) is 0 Å². The van der Waals surface area contributed by atoms with Gasteiger partial charge < -0.3 is 15.2 Å². The van der Waals surface area contributed by atoms with Gasteiger partial charge in [-0.25, -0.2) is 4.98 Å². The van der Waals surface area contributed by atoms with E-state index in [4.69, 9.17) is 11.6 Å². The van der Waals surface area contributed by atoms with Gasteiger partial charge in [0.15, 0.2) is 0 Å². The third-order valence-electron chi connectivity index (χ3n) is 4.84. The normalized spacial score (nSPS) is 16.3. The summed E-state index contributed by atoms with van der Waals surface area (Å²) in [5.74, 6) is 0.987. The van der Waals surface area contributed by atoms with E-state index in [0.29, 0.717) is 24.4 Å². The SMILES string of the molecule is Cl.Cl.O=C(CCc1nc2ccccc2[nH]1)N1CCNCC1c1ccccc1Cl. The minimum atomic E-state index is -0.0272. The molecule has 0 saturated carbocycles. The first kappa shape index (κ1) is 22.5. The van der Waals surface area contributed by atoms with E-state index < -0.39 is 0 Å². The van der Waals surface area contributed by atoms with Crippen molar-refractivity contribution in [3.05, 3.63) is 64.9 Å². The van der Waals surface area contributed by atoms with Crippen LogP contribution in [0, 0.1) is 0 Å². The summed E-state index contributed by atoms with van der Waals surface area (Å²) in [5, 5.41) is 4.07. The predicted molar refractivity (Wildman–Crippen MR) is 118 cm³/mol. The molecule has 28 heavy (non-hydrogen) atoms. The number of carbonyl (C=O) groups excluding carboxylic acids is 1. The number of nitrogens with one attached hydrogen (secondary N) is 2. The number of nitrogens with zero attached hydrogens (tertiary/aromatic N) is 2. The summed E-state index contributed by atoms with van der Waals surface area (Å²) in [4.78, 5) is 22.7. The molecule has 5 nitrogen and oxygen atoms in total. The number of amides is 1. The van der Waals surface area contributed by atoms with Crippen molar-refractivity contribution in [3.8, 4) is 0 Å². The Morgan fingerprint density at radius 2 is 1.89 bits per heavy atom. The Balaban J connectivity index is 0.00000140. The van der Waals surface area contributed by atoms with Crippen LogP contribution in [0.15, 0.2) is 48.5 Å². The number of para-hydroxylation sites is 2. The number of carbonyl (C=O) groups is 1. The van der Waals surface area contributed by atoms with E-state index in [1.54, 1.807) is 0 Å². The highest BCUT2D eigenvalue weighted by Crippen LogP contribution is 2.29. The van der Waals surface area contributed by atoms with Gasteiger partial charge in [-0.1, -0.05) is 41.9 Å². The van der Waals surface area contributed by atoms with Crippen molar-refractivity contribution in [3.63, 3.8) is 0 Å². The first-order valence-corrected chi connectivity index (χ1v) is 9.28. The molecule has 1 aliphatic heterocycles. The summed E-state index contributed by atoms with van der Waals surface area (Å²) in [6.07, 6.45) is 1.04. The summed E-state index contributed by atoms with van der Waals surface area (Å²) in [6, 6.07) is 15.6. The monoisotopic (exact) mass is 440 g/mol. The molecule has 1 saturated heterocycles. The molecule has 1 aromatic heterocycles. The van der Waals surface area contributed by atoms with Gasteiger partial charge in [0, 0.05) is 37.5 Å². The number of aromatic nitrogens is 2. The third-order valence-corrected chi connectivity index (χ3v) is 5.19. The van der Waals surface area contributed by atoms with Gasteiger partial charge in [0.25, 0.3) is 0 Å². The standard InChI is InChI=1S/C20H21ClN4O.2ClH/c21-15-6-2-1-5-14(15)18-13-22-11-12-25(18)20(26)10-9-19-23-16-7-3-4-8-17(16)24-19;;/h1-8,18,22H,9-13H2,(H,23,24);2*1H. The van der Waals surface area contributed by atoms with Gasteiger partial charge in [-0.3, -0.25) is 4.79 Å². The number of hydrogen-bond acceptors (Lipinski definition) is 3. The molecule has 1 atom stereocenters. The fourth-order valence-electron chi connectivity index (χ4n) is 3.52. The largest absolute Gasteiger partial charge is 0.342 e. The number of aromatic amines is 1. The lowest BCUT2D eigenvalue weighted by Gasteiger charge is -2.37. The number of hydrogen-bond donors (Lipinski definition) is 2. The molecule has 0 spiro atoms. The van der Waals surface area contributed by atoms with E-state index in [0.717, 1.165) is 35.5 Å². The maximum atomic E-state index is 12.9. The number of piperazine rings is 1. The second-order valence-corrected chi connectivity index (χ2v) is 6.94. The topological polar surface area (TPSA) is 61.0 Å². The zero-order valence-corrected chi connectivity index (χ0v) is 17.6. The molecule has 1 unspecified atom stereocenters. The van der Waals surface area contributed by atoms with Crippen molar-refractivity contribution in [2.24, 2.45) is 0 Å². The average Bonchev–Trinajstić information content (AvgIpc) is 3.09. The molecule has 2 heterocycles. The van der Waals surface area contributed by atoms with Crippen molar-refractivity contribution in [2.75, 3.05) is 19.6 Å². The summed E-state index contributed by atoms with van der Waals surface area (Å²) >= 11 is 6.36. The highest BCUT2D eigenvalue weighted by atomic mass is 35.5. The van der Waals surface area contributed by atoms with Crippen LogP contribution in [0.2, 0.25) is 5.02 Å². The molecule has 2 N–H and O–H groups in total. The van der Waals surface area contributed by atoms with Crippen molar-refractivity contribution in [1.82, 2.24) is 20.2 Å². The molecule has 150 valence electrons. The van der Waals surface area contributed by atoms with E-state index in [9.17, 15) is 4.79 Å². The van der Waals surface area contributed by atoms with E-state index in [1.165, 1.54) is 0 Å². The third kappa shape index (κ3) is 4.78. The second kappa shape index (κ2) is 10.1. The van der Waals surface area contributed by atoms with E-state index in [1.807, 2.05) is 53.4 Å². The first-order valence-electron chi connectivity index (χ1n) is 8.90. The Morgan fingerprint density at radius 3 is 2.68 bits per heavy atom. The smallest absolute Gasteiger partial charge is 0.223 e. The van der Waals surface area contributed by atoms with Crippen LogP contribution in [0.1, 0.15) is 23.9 Å². The number of imidazole rings is 1. The molecule has 4 rings (SSSR count). The minimum Gasteiger partial charge on any atom is -0.342 e. The predicted octanol–water partition coefficient (Wildman–Crippen LogP) is 4.17. The number of aryl methyl sites for hydroxylation is 1. The van der Waals surface area contributed by atoms with Gasteiger partial charge in [0.05, 0.1) is 17.1 Å². The molecule has 0 bridgehead atoms. The van der Waals surface area contributed by atoms with E-state index in [-0.39, 0.29) is 36.8 Å². The molecule has 8 heteroatoms. The Morgan fingerprint density at radius 1 is 1.14 bits per heavy atom. The van der Waals surface area contributed by atoms with Crippen LogP contribution >= 0.6 is 36.4 Å². The Hall–Kier alpha value is -1.79. The fourth-order valence-corrected chi connectivity index (χ4v) is 3.78. The quantitative estimate of drug-likeness (QED) is 0.639. The van der Waals surface area contributed by atoms with Gasteiger partial charge in [-0.2, -0.15) is 0 Å². The van der Waals surface area contributed by atoms with Crippen molar-refractivity contribution in [1.29, 1.82) is 0 Å². The van der Waals surface area contributed by atoms with Crippen LogP contribution in [-0.2, 0) is 11.2 Å². The molecule has 0 radical (unpaired) electrons. The zero-order valence-electron chi connectivity index (χ0n) is 15.2. The highest BCUT2D eigenvalue weighted by molar-refractivity contribution is 6.31. The molecular formula is C20H23Cl3N4O. The molecule has 2 aromatic carbocycles. The highest BCUT2D eigenvalue weighted by Gasteiger charge is 2.28. The number of benzene rings is 2. The van der Waals surface area contributed by atoms with Gasteiger partial charge in [0.1, 0.15) is 5.82 Å². The summed E-state index contributed by atoms with van der Waals surface area (Å²) in [5.41, 5.74) is 2.94. The Labute approximate surface area is 181 Å². The number of fused-ring (bicyclic) bond motifs is 1. The lowest BCUT2D eigenvalue weighted by atomic mass is 10.0. The van der Waals surface area contributed by atoms with Gasteiger partial charge in [0.2, 0.25) is 5.91 Å². The molecule has 1 fully saturated rings. The van der Waals surface area contributed by atoms with E-state index in [2.05, 4.69) is 15.3 Å². The lowest BCUT2D eigenvalue weighted by molar-refractivity contribution is -0.134. The number of H-pyrrole nitrogens is 1. The van der Waals surface area contributed by atoms with Crippen LogP contribution in [0.25, 0.3) is 11.0 Å². The zero-order chi connectivity index (χ0) is 17.9. The molecule has 1 aliphatic rings. The number of rotatable bonds is 4. The van der Waals surface area contributed by atoms with Gasteiger partial charge in [-0.05, 0) is 23.8 Å². The lowest BCUT2D eigenvalue weighted by Crippen LogP contribution is -2.48. The Bertz CT molecular complexity index is 897. The van der Waals surface area contributed by atoms with Crippen LogP contribution < -0.4 is 5.32 Å². The molecule has 1 amide bonds. The van der Waals surface area contributed by atoms with Crippen molar-refractivity contribution in [2.45, 2.75) is 18.9 Å². The fraction of sp³-hybridized carbons (Fsp3) is 0.300. The molecule has 0 aliphatic carbocycles. The second-order valence-electron chi connectivity index (χ2n) is 6.53. The van der Waals surface area contributed by atoms with Crippen LogP contribution in [0.3, 0.4) is 0 Å². The van der Waals surface area contributed by atoms with Gasteiger partial charge in [-0.15, -0.1) is 24.8 Å². The average molecular weight is 442 g/mol. The minimum absolute atomic E-state index is 0. The first-order chi connectivity index (χ1) is 12.7. The number of halogens is 3. The van der Waals surface area contributed by atoms with Crippen molar-refractivity contribution >= 4 is 53.4 Å². The van der Waals surface area contributed by atoms with Crippen LogP contribution in [-0.4, -0.2) is 40.4 Å². The summed E-state index contributed by atoms with van der Waals surface area (Å²) < 4.78 is 0. The molecule has 3 aromatic rings. The van der Waals surface area contributed by atoms with Crippen LogP contribution in [0.5, 0.6) is 0 Å². The maximum Gasteiger partial charge on any atom is 0.223 e. The summed E-state index contributed by atoms with van der Waals surface area (Å²) in [7, 11) is 0. The van der Waals surface area contributed by atoms with Crippen molar-refractivity contribution < 1.29 is 4.79 Å².